The highest BCUT2D eigenvalue weighted by atomic mass is 35.5. The van der Waals surface area contributed by atoms with Gasteiger partial charge in [0.05, 0.1) is 24.5 Å². The van der Waals surface area contributed by atoms with Crippen molar-refractivity contribution in [1.82, 2.24) is 9.62 Å². The van der Waals surface area contributed by atoms with Crippen LogP contribution >= 0.6 is 23.2 Å². The third kappa shape index (κ3) is 6.13. The minimum atomic E-state index is -3.87. The molecule has 7 nitrogen and oxygen atoms in total. The van der Waals surface area contributed by atoms with Crippen molar-refractivity contribution < 1.29 is 23.1 Å². The molecule has 1 saturated heterocycles. The molecule has 3 aromatic carbocycles. The van der Waals surface area contributed by atoms with Crippen molar-refractivity contribution >= 4 is 39.1 Å². The molecule has 2 fully saturated rings. The molecule has 1 aliphatic heterocycles. The number of halogens is 2. The van der Waals surface area contributed by atoms with Gasteiger partial charge in [0.25, 0.3) is 0 Å². The molecule has 2 unspecified atom stereocenters. The van der Waals surface area contributed by atoms with Crippen LogP contribution in [0, 0.1) is 5.92 Å². The van der Waals surface area contributed by atoms with E-state index in [1.54, 1.807) is 7.11 Å². The topological polar surface area (TPSA) is 95.9 Å². The van der Waals surface area contributed by atoms with Crippen molar-refractivity contribution in [1.29, 1.82) is 0 Å². The second-order valence-electron chi connectivity index (χ2n) is 11.0. The van der Waals surface area contributed by atoms with Crippen LogP contribution in [0.2, 0.25) is 10.0 Å². The first-order valence-corrected chi connectivity index (χ1v) is 15.9. The van der Waals surface area contributed by atoms with E-state index in [2.05, 4.69) is 5.32 Å². The Morgan fingerprint density at radius 3 is 2.41 bits per heavy atom. The van der Waals surface area contributed by atoms with Gasteiger partial charge >= 0.3 is 0 Å². The van der Waals surface area contributed by atoms with Gasteiger partial charge in [0, 0.05) is 33.7 Å². The Morgan fingerprint density at radius 1 is 1.07 bits per heavy atom. The molecule has 0 aromatic heterocycles. The lowest BCUT2D eigenvalue weighted by atomic mass is 9.98. The summed E-state index contributed by atoms with van der Waals surface area (Å²) in [5.41, 5.74) is 3.07. The fourth-order valence-electron chi connectivity index (χ4n) is 6.02. The highest BCUT2D eigenvalue weighted by Gasteiger charge is 2.65. The summed E-state index contributed by atoms with van der Waals surface area (Å²) in [5, 5.41) is 13.0. The van der Waals surface area contributed by atoms with E-state index < -0.39 is 21.5 Å². The molecule has 2 aliphatic rings. The number of benzene rings is 3. The molecule has 3 aromatic rings. The Hall–Kier alpha value is -2.62. The third-order valence-electron chi connectivity index (χ3n) is 8.15. The number of aliphatic hydroxyl groups is 1. The fraction of sp³-hybridized carbons (Fsp3) is 0.387. The Balaban J connectivity index is 1.24. The first kappa shape index (κ1) is 29.9. The van der Waals surface area contributed by atoms with Gasteiger partial charge in [-0.1, -0.05) is 66.0 Å². The van der Waals surface area contributed by atoms with E-state index in [1.165, 1.54) is 22.5 Å². The molecule has 0 radical (unpaired) electrons. The molecule has 3 atom stereocenters. The lowest BCUT2D eigenvalue weighted by Gasteiger charge is -2.36. The van der Waals surface area contributed by atoms with Crippen LogP contribution in [0.4, 0.5) is 0 Å². The van der Waals surface area contributed by atoms with Gasteiger partial charge in [0.15, 0.2) is 0 Å². The second-order valence-corrected chi connectivity index (χ2v) is 13.7. The Bertz CT molecular complexity index is 1530. The summed E-state index contributed by atoms with van der Waals surface area (Å²) < 4.78 is 34.3. The standard InChI is InChI=1S/C31H34Cl2N2O5S/c1-20(13-21-5-8-23(9-6-21)27-10-7-22(19-36)14-29(27)40-2)34-30(37)28-18-31(28)11-3-4-12-35(31)41(38,39)26-16-24(32)15-25(33)17-26/h5-10,14-17,20,28,36H,3-4,11-13,18-19H2,1-2H3,(H,34,37)/t20-,28?,31?/m1/s1. The van der Waals surface area contributed by atoms with Gasteiger partial charge in [-0.25, -0.2) is 8.42 Å². The van der Waals surface area contributed by atoms with Crippen molar-refractivity contribution in [3.05, 3.63) is 81.8 Å². The summed E-state index contributed by atoms with van der Waals surface area (Å²) in [6.07, 6.45) is 3.41. The summed E-state index contributed by atoms with van der Waals surface area (Å²) >= 11 is 12.2. The van der Waals surface area contributed by atoms with E-state index in [4.69, 9.17) is 27.9 Å². The van der Waals surface area contributed by atoms with E-state index in [0.29, 0.717) is 31.6 Å². The predicted octanol–water partition coefficient (Wildman–Crippen LogP) is 5.84. The smallest absolute Gasteiger partial charge is 0.243 e. The number of piperidine rings is 1. The number of sulfonamides is 1. The number of ether oxygens (including phenoxy) is 1. The molecule has 1 heterocycles. The van der Waals surface area contributed by atoms with Crippen LogP contribution < -0.4 is 10.1 Å². The Kier molecular flexibility index (Phi) is 8.69. The quantitative estimate of drug-likeness (QED) is 0.315. The normalized spacial score (nSPS) is 21.4. The number of carbonyl (C=O) groups is 1. The maximum atomic E-state index is 13.6. The molecule has 1 aliphatic carbocycles. The highest BCUT2D eigenvalue weighted by Crippen LogP contribution is 2.56. The summed E-state index contributed by atoms with van der Waals surface area (Å²) in [4.78, 5) is 13.4. The van der Waals surface area contributed by atoms with Gasteiger partial charge in [0.1, 0.15) is 5.75 Å². The molecule has 0 bridgehead atoms. The zero-order valence-electron chi connectivity index (χ0n) is 23.1. The number of rotatable bonds is 9. The number of nitrogens with zero attached hydrogens (tertiary/aromatic N) is 1. The lowest BCUT2D eigenvalue weighted by molar-refractivity contribution is -0.123. The Labute approximate surface area is 251 Å². The molecule has 1 spiro atoms. The van der Waals surface area contributed by atoms with Crippen LogP contribution in [0.1, 0.15) is 43.7 Å². The number of nitrogens with one attached hydrogen (secondary N) is 1. The molecule has 41 heavy (non-hydrogen) atoms. The van der Waals surface area contributed by atoms with Crippen molar-refractivity contribution in [3.63, 3.8) is 0 Å². The predicted molar refractivity (Wildman–Crippen MR) is 161 cm³/mol. The minimum absolute atomic E-state index is 0.0498. The molecular formula is C31H34Cl2N2O5S. The van der Waals surface area contributed by atoms with E-state index in [9.17, 15) is 18.3 Å². The van der Waals surface area contributed by atoms with Crippen molar-refractivity contribution in [3.8, 4) is 16.9 Å². The number of aliphatic hydroxyl groups excluding tert-OH is 1. The number of methoxy groups -OCH3 is 1. The molecule has 1 amide bonds. The van der Waals surface area contributed by atoms with Crippen molar-refractivity contribution in [2.75, 3.05) is 13.7 Å². The maximum Gasteiger partial charge on any atom is 0.243 e. The van der Waals surface area contributed by atoms with Gasteiger partial charge < -0.3 is 15.2 Å². The summed E-state index contributed by atoms with van der Waals surface area (Å²) in [6, 6.07) is 17.9. The third-order valence-corrected chi connectivity index (χ3v) is 10.5. The van der Waals surface area contributed by atoms with E-state index in [-0.39, 0.29) is 33.5 Å². The monoisotopic (exact) mass is 616 g/mol. The van der Waals surface area contributed by atoms with E-state index >= 15 is 0 Å². The maximum absolute atomic E-state index is 13.6. The molecule has 10 heteroatoms. The van der Waals surface area contributed by atoms with E-state index in [0.717, 1.165) is 35.1 Å². The van der Waals surface area contributed by atoms with Crippen LogP contribution in [0.3, 0.4) is 0 Å². The van der Waals surface area contributed by atoms with Crippen LogP contribution in [0.15, 0.2) is 65.6 Å². The van der Waals surface area contributed by atoms with Crippen molar-refractivity contribution in [2.24, 2.45) is 5.92 Å². The molecule has 1 saturated carbocycles. The number of amides is 1. The second kappa shape index (κ2) is 11.9. The zero-order chi connectivity index (χ0) is 29.4. The van der Waals surface area contributed by atoms with Gasteiger partial charge in [0.2, 0.25) is 15.9 Å². The van der Waals surface area contributed by atoms with Gasteiger partial charge in [-0.3, -0.25) is 4.79 Å². The number of carbonyl (C=O) groups excluding carboxylic acids is 1. The number of hydrogen-bond acceptors (Lipinski definition) is 5. The highest BCUT2D eigenvalue weighted by molar-refractivity contribution is 7.89. The fourth-order valence-corrected chi connectivity index (χ4v) is 8.63. The molecule has 2 N–H and O–H groups in total. The lowest BCUT2D eigenvalue weighted by Crippen LogP contribution is -2.49. The van der Waals surface area contributed by atoms with Crippen LogP contribution in [0.5, 0.6) is 5.75 Å². The molecule has 5 rings (SSSR count). The van der Waals surface area contributed by atoms with Gasteiger partial charge in [-0.15, -0.1) is 0 Å². The van der Waals surface area contributed by atoms with E-state index in [1.807, 2.05) is 49.4 Å². The molecular weight excluding hydrogens is 583 g/mol. The SMILES string of the molecule is COc1cc(CO)ccc1-c1ccc(C[C@@H](C)NC(=O)C2CC23CCCCN3S(=O)(=O)c2cc(Cl)cc(Cl)c2)cc1. The summed E-state index contributed by atoms with van der Waals surface area (Å²) in [5.74, 6) is 0.181. The summed E-state index contributed by atoms with van der Waals surface area (Å²) in [7, 11) is -2.26. The van der Waals surface area contributed by atoms with Crippen LogP contribution in [-0.4, -0.2) is 49.0 Å². The minimum Gasteiger partial charge on any atom is -0.496 e. The van der Waals surface area contributed by atoms with Crippen LogP contribution in [-0.2, 0) is 27.8 Å². The van der Waals surface area contributed by atoms with Crippen LogP contribution in [0.25, 0.3) is 11.1 Å². The molecule has 218 valence electrons. The first-order chi connectivity index (χ1) is 19.6. The largest absolute Gasteiger partial charge is 0.496 e. The summed E-state index contributed by atoms with van der Waals surface area (Å²) in [6.45, 7) is 2.28. The van der Waals surface area contributed by atoms with Crippen molar-refractivity contribution in [2.45, 2.75) is 62.1 Å². The zero-order valence-corrected chi connectivity index (χ0v) is 25.4. The number of hydrogen-bond donors (Lipinski definition) is 2. The Morgan fingerprint density at radius 2 is 1.76 bits per heavy atom. The average molecular weight is 618 g/mol. The van der Waals surface area contributed by atoms with Gasteiger partial charge in [-0.2, -0.15) is 4.31 Å². The first-order valence-electron chi connectivity index (χ1n) is 13.7. The van der Waals surface area contributed by atoms with Gasteiger partial charge in [-0.05, 0) is 73.6 Å². The average Bonchev–Trinajstić information content (AvgIpc) is 3.66.